The van der Waals surface area contributed by atoms with E-state index in [4.69, 9.17) is 0 Å². The molecule has 0 radical (unpaired) electrons. The highest BCUT2D eigenvalue weighted by atomic mass is 16.1. The summed E-state index contributed by atoms with van der Waals surface area (Å²) in [6.07, 6.45) is 3.16. The van der Waals surface area contributed by atoms with Crippen molar-refractivity contribution in [3.05, 3.63) is 87.7 Å². The zero-order valence-corrected chi connectivity index (χ0v) is 12.2. The smallest absolute Gasteiger partial charge is 0.200 e. The minimum Gasteiger partial charge on any atom is -0.358 e. The Hall–Kier alpha value is -2.94. The average molecular weight is 289 g/mol. The van der Waals surface area contributed by atoms with Gasteiger partial charge in [-0.05, 0) is 30.7 Å². The van der Waals surface area contributed by atoms with Crippen molar-refractivity contribution in [2.75, 3.05) is 0 Å². The van der Waals surface area contributed by atoms with Crippen LogP contribution in [-0.2, 0) is 0 Å². The van der Waals surface area contributed by atoms with Crippen molar-refractivity contribution in [1.82, 2.24) is 4.98 Å². The van der Waals surface area contributed by atoms with Gasteiger partial charge in [-0.2, -0.15) is 0 Å². The number of aryl methyl sites for hydroxylation is 1. The molecule has 0 amide bonds. The van der Waals surface area contributed by atoms with E-state index in [2.05, 4.69) is 4.98 Å². The van der Waals surface area contributed by atoms with Gasteiger partial charge in [0.05, 0.1) is 5.56 Å². The summed E-state index contributed by atoms with van der Waals surface area (Å²) in [4.78, 5) is 28.0. The lowest BCUT2D eigenvalue weighted by molar-refractivity contribution is 0.104. The molecule has 0 bridgehead atoms. The van der Waals surface area contributed by atoms with Crippen LogP contribution in [-0.4, -0.2) is 10.8 Å². The van der Waals surface area contributed by atoms with Crippen LogP contribution in [0.1, 0.15) is 21.6 Å². The second-order valence-electron chi connectivity index (χ2n) is 5.11. The second-order valence-corrected chi connectivity index (χ2v) is 5.11. The number of H-pyrrole nitrogens is 1. The van der Waals surface area contributed by atoms with Crippen molar-refractivity contribution >= 4 is 22.8 Å². The predicted molar refractivity (Wildman–Crippen MR) is 89.1 cm³/mol. The Labute approximate surface area is 127 Å². The second kappa shape index (κ2) is 5.82. The number of carbonyl (C=O) groups excluding carboxylic acids is 1. The molecular weight excluding hydrogens is 274 g/mol. The lowest BCUT2D eigenvalue weighted by atomic mass is 10.0. The molecule has 1 N–H and O–H groups in total. The van der Waals surface area contributed by atoms with E-state index < -0.39 is 0 Å². The fraction of sp³-hybridized carbons (Fsp3) is 0.0526. The fourth-order valence-electron chi connectivity index (χ4n) is 2.48. The number of fused-ring (bicyclic) bond motifs is 1. The highest BCUT2D eigenvalue weighted by molar-refractivity contribution is 6.08. The largest absolute Gasteiger partial charge is 0.358 e. The van der Waals surface area contributed by atoms with Crippen LogP contribution in [0, 0.1) is 6.92 Å². The van der Waals surface area contributed by atoms with Crippen molar-refractivity contribution in [2.24, 2.45) is 0 Å². The first kappa shape index (κ1) is 14.0. The maximum atomic E-state index is 12.5. The highest BCUT2D eigenvalue weighted by Gasteiger charge is 2.14. The van der Waals surface area contributed by atoms with Crippen LogP contribution in [0.5, 0.6) is 0 Å². The molecular formula is C19H15NO2. The third kappa shape index (κ3) is 2.61. The van der Waals surface area contributed by atoms with Gasteiger partial charge < -0.3 is 4.98 Å². The summed E-state index contributed by atoms with van der Waals surface area (Å²) in [6.45, 7) is 1.75. The Morgan fingerprint density at radius 1 is 1.00 bits per heavy atom. The zero-order chi connectivity index (χ0) is 15.5. The summed E-state index contributed by atoms with van der Waals surface area (Å²) in [5.74, 6) is -0.284. The highest BCUT2D eigenvalue weighted by Crippen LogP contribution is 2.12. The van der Waals surface area contributed by atoms with Crippen molar-refractivity contribution in [1.29, 1.82) is 0 Å². The van der Waals surface area contributed by atoms with E-state index in [0.29, 0.717) is 11.1 Å². The monoisotopic (exact) mass is 289 g/mol. The summed E-state index contributed by atoms with van der Waals surface area (Å²) in [6, 6.07) is 16.7. The molecule has 0 saturated carbocycles. The van der Waals surface area contributed by atoms with Crippen LogP contribution >= 0.6 is 0 Å². The average Bonchev–Trinajstić information content (AvgIpc) is 2.54. The van der Waals surface area contributed by atoms with E-state index in [1.54, 1.807) is 25.1 Å². The molecule has 1 heterocycles. The number of carbonyl (C=O) groups is 1. The maximum absolute atomic E-state index is 12.5. The van der Waals surface area contributed by atoms with Crippen LogP contribution in [0.4, 0.5) is 0 Å². The standard InChI is InChI=1S/C19H15NO2/c1-13-18(17(21)12-11-14-7-3-2-4-8-14)19(22)15-9-5-6-10-16(15)20-13/h2-12H,1H3,(H,20,22). The van der Waals surface area contributed by atoms with Crippen molar-refractivity contribution in [3.8, 4) is 0 Å². The number of allylic oxidation sites excluding steroid dienone is 1. The van der Waals surface area contributed by atoms with Crippen molar-refractivity contribution in [2.45, 2.75) is 6.92 Å². The summed E-state index contributed by atoms with van der Waals surface area (Å²) in [5, 5.41) is 0.532. The molecule has 3 aromatic rings. The van der Waals surface area contributed by atoms with Crippen LogP contribution in [0.15, 0.2) is 65.5 Å². The Kier molecular flexibility index (Phi) is 3.71. The molecule has 0 unspecified atom stereocenters. The summed E-state index contributed by atoms with van der Waals surface area (Å²) in [7, 11) is 0. The molecule has 108 valence electrons. The molecule has 1 aromatic heterocycles. The number of para-hydroxylation sites is 1. The number of ketones is 1. The van der Waals surface area contributed by atoms with E-state index in [9.17, 15) is 9.59 Å². The number of hydrogen-bond donors (Lipinski definition) is 1. The van der Waals surface area contributed by atoms with Crippen LogP contribution in [0.25, 0.3) is 17.0 Å². The molecule has 3 heteroatoms. The summed E-state index contributed by atoms with van der Waals surface area (Å²) < 4.78 is 0. The van der Waals surface area contributed by atoms with Gasteiger partial charge in [0.2, 0.25) is 5.43 Å². The maximum Gasteiger partial charge on any atom is 0.200 e. The summed E-state index contributed by atoms with van der Waals surface area (Å²) >= 11 is 0. The lowest BCUT2D eigenvalue weighted by Gasteiger charge is -2.05. The number of rotatable bonds is 3. The molecule has 3 rings (SSSR count). The van der Waals surface area contributed by atoms with E-state index in [-0.39, 0.29) is 16.8 Å². The van der Waals surface area contributed by atoms with Crippen LogP contribution in [0.3, 0.4) is 0 Å². The van der Waals surface area contributed by atoms with E-state index in [1.165, 1.54) is 6.08 Å². The predicted octanol–water partition coefficient (Wildman–Crippen LogP) is 3.73. The molecule has 0 spiro atoms. The molecule has 3 nitrogen and oxygen atoms in total. The van der Waals surface area contributed by atoms with E-state index in [1.807, 2.05) is 42.5 Å². The Morgan fingerprint density at radius 3 is 2.45 bits per heavy atom. The minimum atomic E-state index is -0.284. The number of hydrogen-bond acceptors (Lipinski definition) is 2. The van der Waals surface area contributed by atoms with Gasteiger partial charge in [0.15, 0.2) is 5.78 Å². The number of nitrogens with one attached hydrogen (secondary N) is 1. The van der Waals surface area contributed by atoms with E-state index >= 15 is 0 Å². The Balaban J connectivity index is 2.05. The molecule has 0 saturated heterocycles. The quantitative estimate of drug-likeness (QED) is 0.590. The number of benzene rings is 2. The number of pyridine rings is 1. The SMILES string of the molecule is Cc1[nH]c2ccccc2c(=O)c1C(=O)C=Cc1ccccc1. The van der Waals surface area contributed by atoms with Crippen molar-refractivity contribution < 1.29 is 4.79 Å². The topological polar surface area (TPSA) is 49.9 Å². The molecule has 0 aliphatic carbocycles. The number of aromatic amines is 1. The lowest BCUT2D eigenvalue weighted by Crippen LogP contribution is -2.17. The molecule has 2 aromatic carbocycles. The van der Waals surface area contributed by atoms with Crippen molar-refractivity contribution in [3.63, 3.8) is 0 Å². The molecule has 0 fully saturated rings. The molecule has 22 heavy (non-hydrogen) atoms. The third-order valence-electron chi connectivity index (χ3n) is 3.57. The van der Waals surface area contributed by atoms with Gasteiger partial charge in [0.25, 0.3) is 0 Å². The Bertz CT molecular complexity index is 921. The molecule has 0 aliphatic rings. The van der Waals surface area contributed by atoms with Crippen LogP contribution < -0.4 is 5.43 Å². The van der Waals surface area contributed by atoms with Gasteiger partial charge in [-0.15, -0.1) is 0 Å². The molecule has 0 aliphatic heterocycles. The van der Waals surface area contributed by atoms with Gasteiger partial charge >= 0.3 is 0 Å². The normalized spacial score (nSPS) is 11.1. The third-order valence-corrected chi connectivity index (χ3v) is 3.57. The minimum absolute atomic E-state index is 0.200. The fourth-order valence-corrected chi connectivity index (χ4v) is 2.48. The Morgan fingerprint density at radius 2 is 1.68 bits per heavy atom. The van der Waals surface area contributed by atoms with Gasteiger partial charge in [-0.25, -0.2) is 0 Å². The van der Waals surface area contributed by atoms with Gasteiger partial charge in [-0.1, -0.05) is 48.5 Å². The zero-order valence-electron chi connectivity index (χ0n) is 12.2. The first-order valence-corrected chi connectivity index (χ1v) is 7.06. The van der Waals surface area contributed by atoms with E-state index in [0.717, 1.165) is 11.1 Å². The van der Waals surface area contributed by atoms with Gasteiger partial charge in [-0.3, -0.25) is 9.59 Å². The van der Waals surface area contributed by atoms with Crippen LogP contribution in [0.2, 0.25) is 0 Å². The van der Waals surface area contributed by atoms with Gasteiger partial charge in [0.1, 0.15) is 0 Å². The van der Waals surface area contributed by atoms with Gasteiger partial charge in [0, 0.05) is 16.6 Å². The number of aromatic nitrogens is 1. The first-order chi connectivity index (χ1) is 10.7. The summed E-state index contributed by atoms with van der Waals surface area (Å²) in [5.41, 5.74) is 2.23. The molecule has 0 atom stereocenters. The first-order valence-electron chi connectivity index (χ1n) is 7.06.